The molecule has 1 rings (SSSR count). The van der Waals surface area contributed by atoms with Gasteiger partial charge in [0, 0.05) is 11.8 Å². The molecule has 6 heteroatoms. The van der Waals surface area contributed by atoms with Crippen LogP contribution in [-0.4, -0.2) is 27.8 Å². The van der Waals surface area contributed by atoms with E-state index in [-0.39, 0.29) is 11.1 Å². The molecule has 0 atom stereocenters. The minimum Gasteiger partial charge on any atom is -0.444 e. The van der Waals surface area contributed by atoms with Crippen molar-refractivity contribution in [3.63, 3.8) is 0 Å². The number of ketones is 1. The van der Waals surface area contributed by atoms with Gasteiger partial charge in [-0.25, -0.2) is 9.78 Å². The number of hydrogen-bond acceptors (Lipinski definition) is 4. The van der Waals surface area contributed by atoms with E-state index >= 15 is 0 Å². The Kier molecular flexibility index (Phi) is 5.05. The first-order valence-electron chi connectivity index (χ1n) is 5.79. The van der Waals surface area contributed by atoms with Gasteiger partial charge in [0.05, 0.1) is 5.33 Å². The number of amides is 1. The lowest BCUT2D eigenvalue weighted by Gasteiger charge is -2.19. The summed E-state index contributed by atoms with van der Waals surface area (Å²) in [5, 5.41) is 2.77. The molecule has 0 spiro atoms. The molecule has 0 aliphatic heterocycles. The molecule has 1 N–H and O–H groups in total. The smallest absolute Gasteiger partial charge is 0.413 e. The highest BCUT2D eigenvalue weighted by molar-refractivity contribution is 9.09. The van der Waals surface area contributed by atoms with E-state index in [4.69, 9.17) is 4.74 Å². The van der Waals surface area contributed by atoms with E-state index in [0.717, 1.165) is 5.56 Å². The van der Waals surface area contributed by atoms with Gasteiger partial charge < -0.3 is 4.74 Å². The Morgan fingerprint density at radius 3 is 2.53 bits per heavy atom. The number of halogens is 1. The first-order chi connectivity index (χ1) is 8.73. The predicted molar refractivity (Wildman–Crippen MR) is 77.0 cm³/mol. The maximum atomic E-state index is 11.6. The molecule has 104 valence electrons. The summed E-state index contributed by atoms with van der Waals surface area (Å²) in [6.07, 6.45) is 0.880. The summed E-state index contributed by atoms with van der Waals surface area (Å²) >= 11 is 3.11. The number of carbonyl (C=O) groups excluding carboxylic acids is 2. The van der Waals surface area contributed by atoms with Crippen LogP contribution in [0, 0.1) is 6.92 Å². The number of alkyl halides is 1. The highest BCUT2D eigenvalue weighted by Crippen LogP contribution is 2.15. The van der Waals surface area contributed by atoms with E-state index in [9.17, 15) is 9.59 Å². The van der Waals surface area contributed by atoms with Gasteiger partial charge in [0.2, 0.25) is 0 Å². The van der Waals surface area contributed by atoms with Crippen LogP contribution in [0.3, 0.4) is 0 Å². The molecule has 0 radical (unpaired) electrons. The number of nitrogens with zero attached hydrogens (tertiary/aromatic N) is 1. The standard InChI is InChI=1S/C13H17BrN2O3/c1-8-5-11(15-7-9(8)10(17)6-14)16-12(18)19-13(2,3)4/h5,7H,6H2,1-4H3,(H,15,16,18). The molecule has 1 amide bonds. The number of hydrogen-bond donors (Lipinski definition) is 1. The minimum absolute atomic E-state index is 0.0474. The van der Waals surface area contributed by atoms with Gasteiger partial charge in [-0.15, -0.1) is 0 Å². The number of nitrogens with one attached hydrogen (secondary N) is 1. The second kappa shape index (κ2) is 6.14. The summed E-state index contributed by atoms with van der Waals surface area (Å²) in [6, 6.07) is 1.64. The first kappa shape index (κ1) is 15.6. The van der Waals surface area contributed by atoms with Crippen LogP contribution >= 0.6 is 15.9 Å². The fourth-order valence-electron chi connectivity index (χ4n) is 1.40. The van der Waals surface area contributed by atoms with Crippen molar-refractivity contribution >= 4 is 33.6 Å². The van der Waals surface area contributed by atoms with Crippen LogP contribution in [0.4, 0.5) is 10.6 Å². The fraction of sp³-hybridized carbons (Fsp3) is 0.462. The number of Topliss-reactive ketones (excluding diaryl/α,β-unsaturated/α-hetero) is 1. The van der Waals surface area contributed by atoms with E-state index < -0.39 is 11.7 Å². The monoisotopic (exact) mass is 328 g/mol. The van der Waals surface area contributed by atoms with Gasteiger partial charge in [-0.3, -0.25) is 10.1 Å². The average Bonchev–Trinajstić information content (AvgIpc) is 2.25. The topological polar surface area (TPSA) is 68.3 Å². The molecule has 1 aromatic heterocycles. The second-order valence-corrected chi connectivity index (χ2v) is 5.63. The molecule has 0 aliphatic rings. The number of ether oxygens (including phenoxy) is 1. The number of aryl methyl sites for hydroxylation is 1. The number of carbonyl (C=O) groups is 2. The quantitative estimate of drug-likeness (QED) is 0.682. The van der Waals surface area contributed by atoms with E-state index in [1.165, 1.54) is 6.20 Å². The number of pyridine rings is 1. The summed E-state index contributed by atoms with van der Waals surface area (Å²) in [7, 11) is 0. The minimum atomic E-state index is -0.570. The van der Waals surface area contributed by atoms with Crippen LogP contribution in [-0.2, 0) is 4.74 Å². The number of anilines is 1. The summed E-state index contributed by atoms with van der Waals surface area (Å²) in [5.41, 5.74) is 0.725. The largest absolute Gasteiger partial charge is 0.444 e. The summed E-state index contributed by atoms with van der Waals surface area (Å²) < 4.78 is 5.12. The molecule has 0 bridgehead atoms. The molecule has 0 unspecified atom stereocenters. The molecule has 1 heterocycles. The van der Waals surface area contributed by atoms with Crippen molar-refractivity contribution in [1.82, 2.24) is 4.98 Å². The van der Waals surface area contributed by atoms with Crippen molar-refractivity contribution in [3.05, 3.63) is 23.4 Å². The van der Waals surface area contributed by atoms with Crippen LogP contribution in [0.1, 0.15) is 36.7 Å². The predicted octanol–water partition coefficient (Wildman–Crippen LogP) is 3.31. The van der Waals surface area contributed by atoms with Crippen LogP contribution in [0.25, 0.3) is 0 Å². The van der Waals surface area contributed by atoms with Gasteiger partial charge in [-0.1, -0.05) is 15.9 Å². The Morgan fingerprint density at radius 2 is 2.05 bits per heavy atom. The fourth-order valence-corrected chi connectivity index (χ4v) is 1.70. The van der Waals surface area contributed by atoms with Crippen molar-refractivity contribution in [2.75, 3.05) is 10.6 Å². The Hall–Kier alpha value is -1.43. The molecular formula is C13H17BrN2O3. The normalized spacial score (nSPS) is 11.0. The summed E-state index contributed by atoms with van der Waals surface area (Å²) in [6.45, 7) is 7.13. The van der Waals surface area contributed by atoms with Gasteiger partial charge in [0.15, 0.2) is 5.78 Å². The molecule has 0 aliphatic carbocycles. The lowest BCUT2D eigenvalue weighted by molar-refractivity contribution is 0.0635. The van der Waals surface area contributed by atoms with Crippen molar-refractivity contribution in [2.45, 2.75) is 33.3 Å². The van der Waals surface area contributed by atoms with Crippen LogP contribution in [0.15, 0.2) is 12.3 Å². The molecule has 1 aromatic rings. The lowest BCUT2D eigenvalue weighted by Crippen LogP contribution is -2.27. The van der Waals surface area contributed by atoms with E-state index in [2.05, 4.69) is 26.2 Å². The van der Waals surface area contributed by atoms with Gasteiger partial charge in [-0.2, -0.15) is 0 Å². The molecule has 0 saturated carbocycles. The zero-order chi connectivity index (χ0) is 14.6. The average molecular weight is 329 g/mol. The third-order valence-electron chi connectivity index (χ3n) is 2.16. The van der Waals surface area contributed by atoms with Gasteiger partial charge in [0.1, 0.15) is 11.4 Å². The highest BCUT2D eigenvalue weighted by atomic mass is 79.9. The molecule has 5 nitrogen and oxygen atoms in total. The van der Waals surface area contributed by atoms with Crippen molar-refractivity contribution in [2.24, 2.45) is 0 Å². The summed E-state index contributed by atoms with van der Waals surface area (Å²) in [4.78, 5) is 27.1. The maximum absolute atomic E-state index is 11.6. The summed E-state index contributed by atoms with van der Waals surface area (Å²) in [5.74, 6) is 0.312. The van der Waals surface area contributed by atoms with Gasteiger partial charge in [-0.05, 0) is 39.3 Å². The Labute approximate surface area is 120 Å². The third-order valence-corrected chi connectivity index (χ3v) is 2.67. The molecule has 0 fully saturated rings. The van der Waals surface area contributed by atoms with E-state index in [1.807, 2.05) is 0 Å². The Balaban J connectivity index is 2.79. The molecular weight excluding hydrogens is 312 g/mol. The Bertz CT molecular complexity index is 495. The van der Waals surface area contributed by atoms with Crippen molar-refractivity contribution in [1.29, 1.82) is 0 Å². The number of aromatic nitrogens is 1. The molecule has 0 saturated heterocycles. The Morgan fingerprint density at radius 1 is 1.42 bits per heavy atom. The lowest BCUT2D eigenvalue weighted by atomic mass is 10.1. The first-order valence-corrected chi connectivity index (χ1v) is 6.91. The van der Waals surface area contributed by atoms with Gasteiger partial charge >= 0.3 is 6.09 Å². The highest BCUT2D eigenvalue weighted by Gasteiger charge is 2.17. The molecule has 19 heavy (non-hydrogen) atoms. The zero-order valence-electron chi connectivity index (χ0n) is 11.4. The van der Waals surface area contributed by atoms with Crippen molar-refractivity contribution in [3.8, 4) is 0 Å². The van der Waals surface area contributed by atoms with E-state index in [0.29, 0.717) is 11.4 Å². The third kappa shape index (κ3) is 4.98. The number of rotatable bonds is 3. The van der Waals surface area contributed by atoms with Crippen LogP contribution in [0.2, 0.25) is 0 Å². The maximum Gasteiger partial charge on any atom is 0.413 e. The second-order valence-electron chi connectivity index (χ2n) is 5.07. The van der Waals surface area contributed by atoms with E-state index in [1.54, 1.807) is 33.8 Å². The molecule has 0 aromatic carbocycles. The SMILES string of the molecule is Cc1cc(NC(=O)OC(C)(C)C)ncc1C(=O)CBr. The van der Waals surface area contributed by atoms with Gasteiger partial charge in [0.25, 0.3) is 0 Å². The van der Waals surface area contributed by atoms with Crippen LogP contribution < -0.4 is 5.32 Å². The van der Waals surface area contributed by atoms with Crippen molar-refractivity contribution < 1.29 is 14.3 Å². The van der Waals surface area contributed by atoms with Crippen LogP contribution in [0.5, 0.6) is 0 Å². The zero-order valence-corrected chi connectivity index (χ0v) is 13.0.